The zero-order chi connectivity index (χ0) is 23.4. The van der Waals surface area contributed by atoms with Crippen molar-refractivity contribution < 1.29 is 19.1 Å². The highest BCUT2D eigenvalue weighted by Crippen LogP contribution is 2.29. The average Bonchev–Trinajstić information content (AvgIpc) is 3.05. The lowest BCUT2D eigenvalue weighted by atomic mass is 10.1. The number of carbonyl (C=O) groups excluding carboxylic acids is 3. The van der Waals surface area contributed by atoms with Crippen molar-refractivity contribution in [2.75, 3.05) is 17.3 Å². The van der Waals surface area contributed by atoms with Gasteiger partial charge in [0.25, 0.3) is 5.91 Å². The van der Waals surface area contributed by atoms with Crippen molar-refractivity contribution in [3.8, 4) is 5.75 Å². The fourth-order valence-electron chi connectivity index (χ4n) is 3.59. The van der Waals surface area contributed by atoms with Crippen LogP contribution in [0.2, 0.25) is 5.02 Å². The largest absolute Gasteiger partial charge is 0.497 e. The van der Waals surface area contributed by atoms with Gasteiger partial charge in [-0.1, -0.05) is 17.7 Å². The number of methoxy groups -OCH3 is 1. The summed E-state index contributed by atoms with van der Waals surface area (Å²) in [5.74, 6) is -0.263. The van der Waals surface area contributed by atoms with Crippen LogP contribution >= 0.6 is 11.6 Å². The number of rotatable bonds is 7. The summed E-state index contributed by atoms with van der Waals surface area (Å²) in [6.07, 6.45) is 3.06. The molecule has 2 aromatic carbocycles. The first-order valence-corrected chi connectivity index (χ1v) is 10.6. The van der Waals surface area contributed by atoms with Gasteiger partial charge in [-0.25, -0.2) is 9.69 Å². The van der Waals surface area contributed by atoms with Crippen molar-refractivity contribution in [1.29, 1.82) is 0 Å². The Morgan fingerprint density at radius 3 is 2.45 bits per heavy atom. The Bertz CT molecular complexity index is 1150. The van der Waals surface area contributed by atoms with E-state index in [4.69, 9.17) is 16.3 Å². The topological polar surface area (TPSA) is 91.8 Å². The van der Waals surface area contributed by atoms with Crippen molar-refractivity contribution in [2.45, 2.75) is 19.0 Å². The molecule has 1 N–H and O–H groups in total. The Kier molecular flexibility index (Phi) is 6.55. The van der Waals surface area contributed by atoms with Gasteiger partial charge in [0.05, 0.1) is 19.2 Å². The molecule has 1 aromatic heterocycles. The Balaban J connectivity index is 1.59. The number of pyridine rings is 1. The molecule has 1 aliphatic rings. The predicted octanol–water partition coefficient (Wildman–Crippen LogP) is 4.11. The highest BCUT2D eigenvalue weighted by molar-refractivity contribution is 6.30. The number of hydrogen-bond acceptors (Lipinski definition) is 5. The van der Waals surface area contributed by atoms with Crippen LogP contribution in [0, 0.1) is 0 Å². The minimum absolute atomic E-state index is 0.143. The molecule has 168 valence electrons. The van der Waals surface area contributed by atoms with E-state index in [-0.39, 0.29) is 13.0 Å². The van der Waals surface area contributed by atoms with E-state index in [9.17, 15) is 14.4 Å². The number of nitrogens with zero attached hydrogens (tertiary/aromatic N) is 3. The number of nitrogens with one attached hydrogen (secondary N) is 1. The molecular weight excluding hydrogens is 444 g/mol. The van der Waals surface area contributed by atoms with Crippen molar-refractivity contribution >= 4 is 40.8 Å². The summed E-state index contributed by atoms with van der Waals surface area (Å²) >= 11 is 5.89. The summed E-state index contributed by atoms with van der Waals surface area (Å²) in [6, 6.07) is 15.3. The van der Waals surface area contributed by atoms with E-state index in [2.05, 4.69) is 10.3 Å². The van der Waals surface area contributed by atoms with Gasteiger partial charge < -0.3 is 15.0 Å². The number of amides is 4. The number of ether oxygens (including phenoxy) is 1. The zero-order valence-electron chi connectivity index (χ0n) is 17.8. The highest BCUT2D eigenvalue weighted by atomic mass is 35.5. The predicted molar refractivity (Wildman–Crippen MR) is 124 cm³/mol. The third-order valence-electron chi connectivity index (χ3n) is 5.23. The molecule has 3 aromatic rings. The van der Waals surface area contributed by atoms with E-state index >= 15 is 0 Å². The van der Waals surface area contributed by atoms with E-state index in [0.29, 0.717) is 22.1 Å². The maximum absolute atomic E-state index is 13.3. The molecule has 1 atom stereocenters. The lowest BCUT2D eigenvalue weighted by Crippen LogP contribution is -2.37. The second kappa shape index (κ2) is 9.70. The first-order valence-electron chi connectivity index (χ1n) is 10.2. The SMILES string of the molecule is COc1ccc(N2C(=O)C(CC(=O)Nc3ccc(Cl)cc3)N(Cc3cccnc3)C2=O)cc1. The fraction of sp³-hybridized carbons (Fsp3) is 0.167. The molecule has 1 aliphatic heterocycles. The van der Waals surface area contributed by atoms with Gasteiger partial charge >= 0.3 is 6.03 Å². The lowest BCUT2D eigenvalue weighted by molar-refractivity contribution is -0.124. The Morgan fingerprint density at radius 1 is 1.09 bits per heavy atom. The molecule has 0 spiro atoms. The molecule has 33 heavy (non-hydrogen) atoms. The third-order valence-corrected chi connectivity index (χ3v) is 5.48. The van der Waals surface area contributed by atoms with E-state index in [1.165, 1.54) is 12.0 Å². The summed E-state index contributed by atoms with van der Waals surface area (Å²) < 4.78 is 5.16. The van der Waals surface area contributed by atoms with Crippen molar-refractivity contribution in [1.82, 2.24) is 9.88 Å². The zero-order valence-corrected chi connectivity index (χ0v) is 18.5. The van der Waals surface area contributed by atoms with Crippen LogP contribution in [0.25, 0.3) is 0 Å². The molecule has 4 rings (SSSR count). The first kappa shape index (κ1) is 22.3. The van der Waals surface area contributed by atoms with E-state index in [1.54, 1.807) is 67.0 Å². The van der Waals surface area contributed by atoms with Gasteiger partial charge in [-0.15, -0.1) is 0 Å². The first-order chi connectivity index (χ1) is 16.0. The molecule has 1 unspecified atom stereocenters. The van der Waals surface area contributed by atoms with Gasteiger partial charge in [0.15, 0.2) is 0 Å². The molecule has 0 saturated carbocycles. The summed E-state index contributed by atoms with van der Waals surface area (Å²) in [5.41, 5.74) is 1.70. The van der Waals surface area contributed by atoms with Crippen LogP contribution in [0.1, 0.15) is 12.0 Å². The molecule has 0 radical (unpaired) electrons. The molecule has 0 aliphatic carbocycles. The van der Waals surface area contributed by atoms with Gasteiger partial charge in [-0.2, -0.15) is 0 Å². The summed E-state index contributed by atoms with van der Waals surface area (Å²) in [4.78, 5) is 45.9. The van der Waals surface area contributed by atoms with Gasteiger partial charge in [-0.05, 0) is 60.2 Å². The third kappa shape index (κ3) is 4.96. The van der Waals surface area contributed by atoms with E-state index in [1.807, 2.05) is 6.07 Å². The second-order valence-corrected chi connectivity index (χ2v) is 7.85. The summed E-state index contributed by atoms with van der Waals surface area (Å²) in [6.45, 7) is 0.143. The molecule has 2 heterocycles. The van der Waals surface area contributed by atoms with E-state index < -0.39 is 23.9 Å². The molecule has 4 amide bonds. The molecule has 8 nitrogen and oxygen atoms in total. The second-order valence-electron chi connectivity index (χ2n) is 7.42. The Hall–Kier alpha value is -3.91. The van der Waals surface area contributed by atoms with Crippen molar-refractivity contribution in [3.05, 3.63) is 83.6 Å². The average molecular weight is 465 g/mol. The van der Waals surface area contributed by atoms with Gasteiger partial charge in [0.1, 0.15) is 11.8 Å². The van der Waals surface area contributed by atoms with Crippen LogP contribution in [-0.2, 0) is 16.1 Å². The van der Waals surface area contributed by atoms with Crippen LogP contribution < -0.4 is 15.0 Å². The fourth-order valence-corrected chi connectivity index (χ4v) is 3.72. The van der Waals surface area contributed by atoms with Crippen molar-refractivity contribution in [3.63, 3.8) is 0 Å². The van der Waals surface area contributed by atoms with Crippen LogP contribution in [0.5, 0.6) is 5.75 Å². The maximum Gasteiger partial charge on any atom is 0.332 e. The molecular formula is C24H21ClN4O4. The minimum atomic E-state index is -0.966. The van der Waals surface area contributed by atoms with E-state index in [0.717, 1.165) is 10.5 Å². The Morgan fingerprint density at radius 2 is 1.82 bits per heavy atom. The lowest BCUT2D eigenvalue weighted by Gasteiger charge is -2.21. The summed E-state index contributed by atoms with van der Waals surface area (Å²) in [5, 5.41) is 3.29. The van der Waals surface area contributed by atoms with Gasteiger partial charge in [-0.3, -0.25) is 14.6 Å². The van der Waals surface area contributed by atoms with Crippen LogP contribution in [0.15, 0.2) is 73.1 Å². The standard InChI is InChI=1S/C24H21ClN4O4/c1-33-20-10-8-19(9-11-20)29-23(31)21(13-22(30)27-18-6-4-17(25)5-7-18)28(24(29)32)15-16-3-2-12-26-14-16/h2-12,14,21H,13,15H2,1H3,(H,27,30). The van der Waals surface area contributed by atoms with Crippen LogP contribution in [0.3, 0.4) is 0 Å². The van der Waals surface area contributed by atoms with Crippen molar-refractivity contribution in [2.24, 2.45) is 0 Å². The highest BCUT2D eigenvalue weighted by Gasteiger charge is 2.46. The Labute approximate surface area is 195 Å². The molecule has 1 saturated heterocycles. The number of hydrogen-bond donors (Lipinski definition) is 1. The number of benzene rings is 2. The molecule has 9 heteroatoms. The monoisotopic (exact) mass is 464 g/mol. The smallest absolute Gasteiger partial charge is 0.332 e. The number of anilines is 2. The summed E-state index contributed by atoms with van der Waals surface area (Å²) in [7, 11) is 1.53. The number of urea groups is 1. The van der Waals surface area contributed by atoms with Crippen LogP contribution in [-0.4, -0.2) is 40.9 Å². The number of carbonyl (C=O) groups is 3. The quantitative estimate of drug-likeness (QED) is 0.531. The van der Waals surface area contributed by atoms with Gasteiger partial charge in [0, 0.05) is 29.6 Å². The molecule has 0 bridgehead atoms. The van der Waals surface area contributed by atoms with Gasteiger partial charge in [0.2, 0.25) is 5.91 Å². The molecule has 1 fully saturated rings. The van der Waals surface area contributed by atoms with Crippen LogP contribution in [0.4, 0.5) is 16.2 Å². The number of halogens is 1. The number of aromatic nitrogens is 1. The number of imide groups is 1. The minimum Gasteiger partial charge on any atom is -0.497 e. The maximum atomic E-state index is 13.3. The normalized spacial score (nSPS) is 15.6.